The van der Waals surface area contributed by atoms with E-state index in [4.69, 9.17) is 18.6 Å². The molecule has 192 valence electrons. The maximum absolute atomic E-state index is 10.7. The van der Waals surface area contributed by atoms with Crippen LogP contribution in [0.1, 0.15) is 35.4 Å². The van der Waals surface area contributed by atoms with Crippen molar-refractivity contribution < 1.29 is 39.1 Å². The van der Waals surface area contributed by atoms with Crippen LogP contribution in [0.5, 0.6) is 11.5 Å². The van der Waals surface area contributed by atoms with Gasteiger partial charge in [-0.1, -0.05) is 18.2 Å². The number of hydrogen-bond acceptors (Lipinski definition) is 11. The third-order valence-electron chi connectivity index (χ3n) is 8.78. The topological polar surface area (TPSA) is 151 Å². The lowest BCUT2D eigenvalue weighted by Gasteiger charge is -2.57. The quantitative estimate of drug-likeness (QED) is 0.426. The molecule has 1 aromatic heterocycles. The van der Waals surface area contributed by atoms with Crippen LogP contribution in [-0.4, -0.2) is 92.0 Å². The number of ether oxygens (including phenoxy) is 3. The number of benzene rings is 1. The maximum atomic E-state index is 10.7. The molecule has 1 aromatic carbocycles. The van der Waals surface area contributed by atoms with E-state index in [1.54, 1.807) is 13.0 Å². The van der Waals surface area contributed by atoms with Crippen LogP contribution in [-0.2, 0) is 21.3 Å². The molecule has 10 atom stereocenters. The molecule has 5 aliphatic rings. The highest BCUT2D eigenvalue weighted by Gasteiger charge is 2.65. The highest BCUT2D eigenvalue weighted by molar-refractivity contribution is 5.61. The second-order valence-corrected chi connectivity index (χ2v) is 10.6. The summed E-state index contributed by atoms with van der Waals surface area (Å²) in [6, 6.07) is 3.97. The van der Waals surface area contributed by atoms with Crippen molar-refractivity contribution >= 4 is 0 Å². The van der Waals surface area contributed by atoms with E-state index >= 15 is 0 Å². The van der Waals surface area contributed by atoms with Crippen molar-refractivity contribution in [1.29, 1.82) is 0 Å². The van der Waals surface area contributed by atoms with Gasteiger partial charge in [-0.05, 0) is 38.1 Å². The SMILES string of the molecule is Cc1nnc(C2O[C@@H](O[C@H]3C=CC4[C@H]5Cc6ccc(O)c7c6[C@@]4(CCN5C)[C@H]3O7)C(O)C(O)[C@@H]2O)o1. The zero-order chi connectivity index (χ0) is 24.9. The lowest BCUT2D eigenvalue weighted by Crippen LogP contribution is -2.66. The van der Waals surface area contributed by atoms with Crippen LogP contribution in [0.3, 0.4) is 0 Å². The number of nitrogens with zero attached hydrogens (tertiary/aromatic N) is 3. The Labute approximate surface area is 206 Å². The Morgan fingerprint density at radius 3 is 2.72 bits per heavy atom. The van der Waals surface area contributed by atoms with Crippen LogP contribution < -0.4 is 4.74 Å². The highest BCUT2D eigenvalue weighted by atomic mass is 16.7. The molecule has 2 aromatic rings. The number of aromatic hydroxyl groups is 1. The Bertz CT molecular complexity index is 1230. The Hall–Kier alpha value is -2.54. The Morgan fingerprint density at radius 2 is 1.94 bits per heavy atom. The molecular formula is C25H29N3O8. The molecule has 2 fully saturated rings. The van der Waals surface area contributed by atoms with E-state index in [-0.39, 0.29) is 28.9 Å². The normalized spacial score (nSPS) is 42.8. The minimum absolute atomic E-state index is 0.0121. The van der Waals surface area contributed by atoms with E-state index in [1.807, 2.05) is 12.1 Å². The molecule has 36 heavy (non-hydrogen) atoms. The first-order valence-corrected chi connectivity index (χ1v) is 12.4. The third-order valence-corrected chi connectivity index (χ3v) is 8.78. The molecular weight excluding hydrogens is 470 g/mol. The van der Waals surface area contributed by atoms with Crippen LogP contribution in [0.2, 0.25) is 0 Å². The van der Waals surface area contributed by atoms with Crippen LogP contribution in [0.25, 0.3) is 0 Å². The maximum Gasteiger partial charge on any atom is 0.248 e. The van der Waals surface area contributed by atoms with Gasteiger partial charge in [0.15, 0.2) is 23.9 Å². The fourth-order valence-corrected chi connectivity index (χ4v) is 7.08. The Kier molecular flexibility index (Phi) is 4.86. The first-order valence-electron chi connectivity index (χ1n) is 12.4. The molecule has 4 heterocycles. The van der Waals surface area contributed by atoms with Crippen LogP contribution in [0, 0.1) is 12.8 Å². The van der Waals surface area contributed by atoms with Crippen LogP contribution >= 0.6 is 0 Å². The van der Waals surface area contributed by atoms with Gasteiger partial charge in [0, 0.05) is 29.9 Å². The molecule has 2 saturated heterocycles. The first kappa shape index (κ1) is 22.6. The van der Waals surface area contributed by atoms with Gasteiger partial charge < -0.3 is 44.0 Å². The van der Waals surface area contributed by atoms with E-state index in [1.165, 1.54) is 5.56 Å². The number of phenols is 1. The summed E-state index contributed by atoms with van der Waals surface area (Å²) in [6.45, 7) is 2.48. The number of aliphatic hydroxyl groups is 3. The minimum atomic E-state index is -1.56. The summed E-state index contributed by atoms with van der Waals surface area (Å²) in [7, 11) is 2.14. The van der Waals surface area contributed by atoms with Gasteiger partial charge in [-0.3, -0.25) is 0 Å². The van der Waals surface area contributed by atoms with Crippen molar-refractivity contribution in [2.45, 2.75) is 74.1 Å². The predicted molar refractivity (Wildman–Crippen MR) is 121 cm³/mol. The second-order valence-electron chi connectivity index (χ2n) is 10.6. The number of hydrogen-bond donors (Lipinski definition) is 4. The van der Waals surface area contributed by atoms with Crippen molar-refractivity contribution in [3.8, 4) is 11.5 Å². The van der Waals surface area contributed by atoms with Crippen molar-refractivity contribution in [1.82, 2.24) is 15.1 Å². The summed E-state index contributed by atoms with van der Waals surface area (Å²) in [5.74, 6) is 1.05. The fraction of sp³-hybridized carbons (Fsp3) is 0.600. The monoisotopic (exact) mass is 499 g/mol. The standard InChI is InChI=1S/C25H29N3O8/c1-10-26-27-23(33-10)21-18(31)17(30)19(32)24(36-21)34-15-6-4-12-13-9-11-3-5-14(29)20-16(11)25(12,22(15)35-20)7-8-28(13)2/h3-6,12-13,15,17-19,21-22,24,29-32H,7-9H2,1-2H3/t12?,13-,15+,17?,18+,19?,21?,22+,24-,25+/m1/s1. The van der Waals surface area contributed by atoms with Crippen molar-refractivity contribution in [3.63, 3.8) is 0 Å². The van der Waals surface area contributed by atoms with Gasteiger partial charge in [0.05, 0.1) is 0 Å². The Morgan fingerprint density at radius 1 is 1.11 bits per heavy atom. The molecule has 2 aliphatic carbocycles. The van der Waals surface area contributed by atoms with E-state index in [9.17, 15) is 20.4 Å². The molecule has 3 aliphatic heterocycles. The molecule has 7 rings (SSSR count). The summed E-state index contributed by atoms with van der Waals surface area (Å²) in [4.78, 5) is 2.38. The summed E-state index contributed by atoms with van der Waals surface area (Å²) in [5, 5.41) is 50.2. The first-order chi connectivity index (χ1) is 17.3. The molecule has 4 unspecified atom stereocenters. The number of aliphatic hydroxyl groups excluding tert-OH is 3. The highest BCUT2D eigenvalue weighted by Crippen LogP contribution is 2.62. The van der Waals surface area contributed by atoms with Crippen molar-refractivity contribution in [2.24, 2.45) is 5.92 Å². The molecule has 11 heteroatoms. The van der Waals surface area contributed by atoms with Gasteiger partial charge >= 0.3 is 0 Å². The second kappa shape index (κ2) is 7.73. The number of likely N-dealkylation sites (N-methyl/N-ethyl adjacent to an activating group) is 1. The average molecular weight is 500 g/mol. The summed E-state index contributed by atoms with van der Waals surface area (Å²) in [6.07, 6.45) is -2.36. The number of phenolic OH excluding ortho intramolecular Hbond substituents is 1. The fourth-order valence-electron chi connectivity index (χ4n) is 7.08. The summed E-state index contributed by atoms with van der Waals surface area (Å²) in [5.41, 5.74) is 1.84. The zero-order valence-electron chi connectivity index (χ0n) is 19.9. The lowest BCUT2D eigenvalue weighted by molar-refractivity contribution is -0.316. The van der Waals surface area contributed by atoms with E-state index in [0.717, 1.165) is 24.9 Å². The van der Waals surface area contributed by atoms with Gasteiger partial charge in [-0.25, -0.2) is 0 Å². The number of aromatic nitrogens is 2. The van der Waals surface area contributed by atoms with E-state index < -0.39 is 42.9 Å². The van der Waals surface area contributed by atoms with Crippen molar-refractivity contribution in [2.75, 3.05) is 13.6 Å². The lowest BCUT2D eigenvalue weighted by atomic mass is 9.53. The summed E-state index contributed by atoms with van der Waals surface area (Å²) >= 11 is 0. The number of piperidine rings is 1. The molecule has 0 saturated carbocycles. The van der Waals surface area contributed by atoms with E-state index in [0.29, 0.717) is 11.8 Å². The molecule has 2 bridgehead atoms. The Balaban J connectivity index is 1.24. The van der Waals surface area contributed by atoms with Gasteiger partial charge in [-0.2, -0.15) is 0 Å². The van der Waals surface area contributed by atoms with Gasteiger partial charge in [0.1, 0.15) is 30.5 Å². The van der Waals surface area contributed by atoms with Gasteiger partial charge in [0.2, 0.25) is 11.8 Å². The predicted octanol–water partition coefficient (Wildman–Crippen LogP) is 0.0941. The zero-order valence-corrected chi connectivity index (χ0v) is 19.9. The van der Waals surface area contributed by atoms with Crippen molar-refractivity contribution in [3.05, 3.63) is 47.2 Å². The summed E-state index contributed by atoms with van der Waals surface area (Å²) < 4.78 is 24.1. The van der Waals surface area contributed by atoms with Gasteiger partial charge in [-0.15, -0.1) is 10.2 Å². The van der Waals surface area contributed by atoms with Gasteiger partial charge in [0.25, 0.3) is 0 Å². The molecule has 0 amide bonds. The number of aryl methyl sites for hydroxylation is 1. The smallest absolute Gasteiger partial charge is 0.248 e. The number of likely N-dealkylation sites (tertiary alicyclic amines) is 1. The molecule has 0 radical (unpaired) electrons. The largest absolute Gasteiger partial charge is 0.504 e. The van der Waals surface area contributed by atoms with E-state index in [2.05, 4.69) is 28.2 Å². The minimum Gasteiger partial charge on any atom is -0.504 e. The van der Waals surface area contributed by atoms with Crippen LogP contribution in [0.15, 0.2) is 28.7 Å². The molecule has 11 nitrogen and oxygen atoms in total. The average Bonchev–Trinajstić information content (AvgIpc) is 3.45. The molecule has 1 spiro atoms. The third kappa shape index (κ3) is 2.89. The number of rotatable bonds is 3. The molecule has 4 N–H and O–H groups in total. The van der Waals surface area contributed by atoms with Crippen LogP contribution in [0.4, 0.5) is 0 Å².